The van der Waals surface area contributed by atoms with Gasteiger partial charge in [0.1, 0.15) is 17.2 Å². The van der Waals surface area contributed by atoms with Gasteiger partial charge in [-0.05, 0) is 30.3 Å². The number of nitrogens with zero attached hydrogens (tertiary/aromatic N) is 3. The van der Waals surface area contributed by atoms with E-state index < -0.39 is 11.6 Å². The molecule has 164 valence electrons. The van der Waals surface area contributed by atoms with Crippen LogP contribution in [0.5, 0.6) is 0 Å². The van der Waals surface area contributed by atoms with E-state index in [9.17, 15) is 18.0 Å². The largest absolute Gasteiger partial charge is 0.354 e. The van der Waals surface area contributed by atoms with E-state index in [4.69, 9.17) is 0 Å². The number of carbonyl (C=O) groups is 1. The Balaban J connectivity index is 1.18. The Hall–Kier alpha value is -2.30. The zero-order valence-electron chi connectivity index (χ0n) is 16.6. The molecule has 0 saturated carbocycles. The number of thiazole rings is 1. The summed E-state index contributed by atoms with van der Waals surface area (Å²) in [5, 5.41) is 3.61. The summed E-state index contributed by atoms with van der Waals surface area (Å²) < 4.78 is 40.7. The highest BCUT2D eigenvalue weighted by Gasteiger charge is 2.21. The number of amides is 1. The Morgan fingerprint density at radius 3 is 2.55 bits per heavy atom. The van der Waals surface area contributed by atoms with E-state index in [1.165, 1.54) is 41.3 Å². The smallest absolute Gasteiger partial charge is 0.230 e. The van der Waals surface area contributed by atoms with Gasteiger partial charge in [-0.2, -0.15) is 0 Å². The van der Waals surface area contributed by atoms with Crippen LogP contribution in [0, 0.1) is 17.5 Å². The number of fused-ring (bicyclic) bond motifs is 1. The Labute approximate surface area is 186 Å². The predicted octanol–water partition coefficient (Wildman–Crippen LogP) is 3.74. The number of carbonyl (C=O) groups excluding carboxylic acids is 1. The van der Waals surface area contributed by atoms with Gasteiger partial charge in [-0.3, -0.25) is 9.69 Å². The lowest BCUT2D eigenvalue weighted by Gasteiger charge is -2.34. The van der Waals surface area contributed by atoms with Crippen molar-refractivity contribution >= 4 is 44.4 Å². The van der Waals surface area contributed by atoms with Crippen LogP contribution < -0.4 is 10.2 Å². The van der Waals surface area contributed by atoms with Crippen molar-refractivity contribution in [2.45, 2.75) is 4.90 Å². The molecule has 5 nitrogen and oxygen atoms in total. The monoisotopic (exact) mass is 466 g/mol. The normalized spacial score (nSPS) is 14.9. The molecule has 1 amide bonds. The molecule has 0 unspecified atom stereocenters. The molecule has 10 heteroatoms. The van der Waals surface area contributed by atoms with Crippen LogP contribution in [0.25, 0.3) is 10.2 Å². The predicted molar refractivity (Wildman–Crippen MR) is 118 cm³/mol. The highest BCUT2D eigenvalue weighted by atomic mass is 32.2. The molecule has 0 bridgehead atoms. The second-order valence-corrected chi connectivity index (χ2v) is 9.21. The summed E-state index contributed by atoms with van der Waals surface area (Å²) in [6.07, 6.45) is 0. The zero-order valence-corrected chi connectivity index (χ0v) is 18.2. The van der Waals surface area contributed by atoms with Crippen molar-refractivity contribution in [3.05, 3.63) is 53.8 Å². The quantitative estimate of drug-likeness (QED) is 0.538. The molecule has 3 aromatic rings. The number of aromatic nitrogens is 1. The van der Waals surface area contributed by atoms with Crippen LogP contribution in [-0.4, -0.2) is 60.8 Å². The lowest BCUT2D eigenvalue weighted by molar-refractivity contribution is -0.118. The summed E-state index contributed by atoms with van der Waals surface area (Å²) in [5.74, 6) is -1.30. The van der Waals surface area contributed by atoms with Gasteiger partial charge < -0.3 is 10.2 Å². The average molecular weight is 467 g/mol. The molecular formula is C21H21F3N4OS2. The Morgan fingerprint density at radius 1 is 1.06 bits per heavy atom. The summed E-state index contributed by atoms with van der Waals surface area (Å²) in [5.41, 5.74) is 0.213. The van der Waals surface area contributed by atoms with Crippen molar-refractivity contribution in [3.8, 4) is 0 Å². The van der Waals surface area contributed by atoms with Gasteiger partial charge in [-0.15, -0.1) is 11.8 Å². The van der Waals surface area contributed by atoms with E-state index in [1.54, 1.807) is 12.1 Å². The summed E-state index contributed by atoms with van der Waals surface area (Å²) in [7, 11) is 0. The fourth-order valence-electron chi connectivity index (χ4n) is 3.33. The van der Waals surface area contributed by atoms with Crippen molar-refractivity contribution in [1.82, 2.24) is 15.2 Å². The van der Waals surface area contributed by atoms with Crippen LogP contribution in [0.4, 0.5) is 18.3 Å². The van der Waals surface area contributed by atoms with E-state index in [0.717, 1.165) is 43.7 Å². The first kappa shape index (κ1) is 21.9. The molecule has 1 aliphatic heterocycles. The molecular weight excluding hydrogens is 445 g/mol. The Morgan fingerprint density at radius 2 is 1.81 bits per heavy atom. The molecule has 31 heavy (non-hydrogen) atoms. The molecule has 0 atom stereocenters. The first-order chi connectivity index (χ1) is 15.0. The van der Waals surface area contributed by atoms with Gasteiger partial charge in [-0.1, -0.05) is 11.3 Å². The Bertz CT molecular complexity index is 1050. The molecule has 1 aromatic heterocycles. The van der Waals surface area contributed by atoms with Crippen molar-refractivity contribution in [3.63, 3.8) is 0 Å². The van der Waals surface area contributed by atoms with Gasteiger partial charge in [0.15, 0.2) is 10.9 Å². The molecule has 1 N–H and O–H groups in total. The molecule has 2 heterocycles. The second kappa shape index (κ2) is 9.88. The first-order valence-corrected chi connectivity index (χ1v) is 11.7. The number of benzene rings is 2. The first-order valence-electron chi connectivity index (χ1n) is 9.86. The minimum Gasteiger partial charge on any atom is -0.354 e. The minimum atomic E-state index is -0.635. The van der Waals surface area contributed by atoms with Gasteiger partial charge >= 0.3 is 0 Å². The topological polar surface area (TPSA) is 48.5 Å². The summed E-state index contributed by atoms with van der Waals surface area (Å²) in [6.45, 7) is 4.35. The third kappa shape index (κ3) is 5.69. The molecule has 0 radical (unpaired) electrons. The van der Waals surface area contributed by atoms with E-state index >= 15 is 0 Å². The number of hydrogen-bond acceptors (Lipinski definition) is 6. The number of piperazine rings is 1. The van der Waals surface area contributed by atoms with E-state index in [1.807, 2.05) is 0 Å². The van der Waals surface area contributed by atoms with Gasteiger partial charge in [-0.25, -0.2) is 18.2 Å². The number of hydrogen-bond donors (Lipinski definition) is 1. The van der Waals surface area contributed by atoms with Crippen LogP contribution >= 0.6 is 23.1 Å². The number of anilines is 1. The maximum atomic E-state index is 13.9. The fourth-order valence-corrected chi connectivity index (χ4v) is 5.11. The van der Waals surface area contributed by atoms with Crippen molar-refractivity contribution in [2.24, 2.45) is 0 Å². The number of thioether (sulfide) groups is 1. The molecule has 1 aliphatic rings. The summed E-state index contributed by atoms with van der Waals surface area (Å²) in [4.78, 5) is 21.5. The maximum absolute atomic E-state index is 13.9. The minimum absolute atomic E-state index is 0.0586. The summed E-state index contributed by atoms with van der Waals surface area (Å²) >= 11 is 2.67. The maximum Gasteiger partial charge on any atom is 0.230 e. The second-order valence-electron chi connectivity index (χ2n) is 7.15. The molecule has 2 aromatic carbocycles. The lowest BCUT2D eigenvalue weighted by atomic mass is 10.3. The number of rotatable bonds is 7. The van der Waals surface area contributed by atoms with Gasteiger partial charge in [0.25, 0.3) is 0 Å². The van der Waals surface area contributed by atoms with Crippen molar-refractivity contribution < 1.29 is 18.0 Å². The third-order valence-electron chi connectivity index (χ3n) is 4.98. The van der Waals surface area contributed by atoms with Crippen LogP contribution in [-0.2, 0) is 4.79 Å². The average Bonchev–Trinajstić information content (AvgIpc) is 3.18. The lowest BCUT2D eigenvalue weighted by Crippen LogP contribution is -2.48. The third-order valence-corrected chi connectivity index (χ3v) is 7.05. The van der Waals surface area contributed by atoms with E-state index in [-0.39, 0.29) is 23.0 Å². The number of halogens is 3. The van der Waals surface area contributed by atoms with Gasteiger partial charge in [0, 0.05) is 50.2 Å². The molecule has 1 saturated heterocycles. The van der Waals surface area contributed by atoms with Crippen LogP contribution in [0.15, 0.2) is 41.3 Å². The van der Waals surface area contributed by atoms with E-state index in [2.05, 4.69) is 20.1 Å². The highest BCUT2D eigenvalue weighted by Crippen LogP contribution is 2.31. The highest BCUT2D eigenvalue weighted by molar-refractivity contribution is 8.00. The zero-order chi connectivity index (χ0) is 21.8. The standard InChI is InChI=1S/C21H21F3N4OS2/c22-14-1-3-16(4-2-14)30-13-19(29)25-5-6-27-7-9-28(10-8-27)21-26-20-17(24)11-15(23)12-18(20)31-21/h1-4,11-12H,5-10,13H2,(H,25,29). The van der Waals surface area contributed by atoms with Crippen molar-refractivity contribution in [1.29, 1.82) is 0 Å². The fraction of sp³-hybridized carbons (Fsp3) is 0.333. The molecule has 1 fully saturated rings. The summed E-state index contributed by atoms with van der Waals surface area (Å²) in [6, 6.07) is 8.24. The molecule has 0 spiro atoms. The molecule has 0 aliphatic carbocycles. The molecule has 4 rings (SSSR count). The van der Waals surface area contributed by atoms with Crippen LogP contribution in [0.1, 0.15) is 0 Å². The van der Waals surface area contributed by atoms with Gasteiger partial charge in [0.2, 0.25) is 5.91 Å². The van der Waals surface area contributed by atoms with Crippen LogP contribution in [0.2, 0.25) is 0 Å². The van der Waals surface area contributed by atoms with Gasteiger partial charge in [0.05, 0.1) is 10.5 Å². The van der Waals surface area contributed by atoms with Crippen molar-refractivity contribution in [2.75, 3.05) is 49.9 Å². The Kier molecular flexibility index (Phi) is 6.99. The number of nitrogens with one attached hydrogen (secondary N) is 1. The van der Waals surface area contributed by atoms with Crippen LogP contribution in [0.3, 0.4) is 0 Å². The van der Waals surface area contributed by atoms with E-state index in [0.29, 0.717) is 16.4 Å². The SMILES string of the molecule is O=C(CSc1ccc(F)cc1)NCCN1CCN(c2nc3c(F)cc(F)cc3s2)CC1.